The average Bonchev–Trinajstić information content (AvgIpc) is 2.80. The molecule has 23 heavy (non-hydrogen) atoms. The molecule has 1 aromatic heterocycles. The monoisotopic (exact) mass is 308 g/mol. The van der Waals surface area contributed by atoms with Crippen molar-refractivity contribution in [3.8, 4) is 11.1 Å². The number of aromatic nitrogens is 1. The molecule has 3 aromatic rings. The summed E-state index contributed by atoms with van der Waals surface area (Å²) in [7, 11) is 2.00. The molecule has 0 aliphatic heterocycles. The second-order valence-corrected chi connectivity index (χ2v) is 5.84. The third kappa shape index (κ3) is 2.62. The van der Waals surface area contributed by atoms with Crippen LogP contribution >= 0.6 is 0 Å². The molecular weight excluding hydrogens is 288 g/mol. The Labute approximate surface area is 135 Å². The minimum atomic E-state index is -0.974. The maximum Gasteiger partial charge on any atom is 0.320 e. The molecule has 0 spiro atoms. The zero-order chi connectivity index (χ0) is 16.6. The molecule has 118 valence electrons. The zero-order valence-electron chi connectivity index (χ0n) is 13.3. The number of carboxylic acid groups (broad SMARTS) is 1. The standard InChI is InChI=1S/C19H20N2O2/c1-12-15(11-16(20)19(22)23)18-14(13-7-4-3-5-8-13)9-6-10-17(18)21(12)2/h3-10,16H,11,20H2,1-2H3,(H,22,23). The molecule has 0 saturated heterocycles. The van der Waals surface area contributed by atoms with Gasteiger partial charge in [-0.3, -0.25) is 4.79 Å². The summed E-state index contributed by atoms with van der Waals surface area (Å²) < 4.78 is 2.10. The van der Waals surface area contributed by atoms with E-state index in [0.29, 0.717) is 6.42 Å². The third-order valence-corrected chi connectivity index (χ3v) is 4.47. The van der Waals surface area contributed by atoms with Crippen LogP contribution in [0.25, 0.3) is 22.0 Å². The summed E-state index contributed by atoms with van der Waals surface area (Å²) in [5.74, 6) is -0.974. The van der Waals surface area contributed by atoms with Crippen molar-refractivity contribution in [2.24, 2.45) is 12.8 Å². The lowest BCUT2D eigenvalue weighted by Gasteiger charge is -2.10. The minimum absolute atomic E-state index is 0.322. The van der Waals surface area contributed by atoms with Crippen LogP contribution in [0.5, 0.6) is 0 Å². The Morgan fingerprint density at radius 3 is 2.52 bits per heavy atom. The van der Waals surface area contributed by atoms with Gasteiger partial charge in [-0.25, -0.2) is 0 Å². The molecule has 0 saturated carbocycles. The van der Waals surface area contributed by atoms with Gasteiger partial charge in [-0.2, -0.15) is 0 Å². The van der Waals surface area contributed by atoms with Gasteiger partial charge in [0, 0.05) is 30.1 Å². The summed E-state index contributed by atoms with van der Waals surface area (Å²) in [6.07, 6.45) is 0.322. The van der Waals surface area contributed by atoms with Gasteiger partial charge in [-0.1, -0.05) is 42.5 Å². The van der Waals surface area contributed by atoms with E-state index in [2.05, 4.69) is 28.8 Å². The number of aliphatic carboxylic acids is 1. The molecule has 1 heterocycles. The quantitative estimate of drug-likeness (QED) is 0.778. The number of aryl methyl sites for hydroxylation is 1. The molecule has 0 aliphatic carbocycles. The molecule has 1 atom stereocenters. The topological polar surface area (TPSA) is 68.2 Å². The van der Waals surface area contributed by atoms with Crippen LogP contribution in [0.3, 0.4) is 0 Å². The number of fused-ring (bicyclic) bond motifs is 1. The number of rotatable bonds is 4. The van der Waals surface area contributed by atoms with E-state index in [-0.39, 0.29) is 0 Å². The van der Waals surface area contributed by atoms with Crippen LogP contribution in [0, 0.1) is 6.92 Å². The Morgan fingerprint density at radius 1 is 1.17 bits per heavy atom. The van der Waals surface area contributed by atoms with Crippen molar-refractivity contribution in [1.29, 1.82) is 0 Å². The van der Waals surface area contributed by atoms with Crippen molar-refractivity contribution >= 4 is 16.9 Å². The second kappa shape index (κ2) is 5.89. The molecule has 0 fully saturated rings. The summed E-state index contributed by atoms with van der Waals surface area (Å²) in [5, 5.41) is 10.3. The van der Waals surface area contributed by atoms with Gasteiger partial charge in [0.15, 0.2) is 0 Å². The molecule has 4 nitrogen and oxygen atoms in total. The van der Waals surface area contributed by atoms with E-state index < -0.39 is 12.0 Å². The number of carbonyl (C=O) groups is 1. The molecule has 0 bridgehead atoms. The lowest BCUT2D eigenvalue weighted by molar-refractivity contribution is -0.138. The Kier molecular flexibility index (Phi) is 3.92. The highest BCUT2D eigenvalue weighted by Crippen LogP contribution is 2.34. The predicted octanol–water partition coefficient (Wildman–Crippen LogP) is 3.11. The van der Waals surface area contributed by atoms with Gasteiger partial charge in [-0.15, -0.1) is 0 Å². The Morgan fingerprint density at radius 2 is 1.87 bits per heavy atom. The van der Waals surface area contributed by atoms with E-state index in [1.165, 1.54) is 0 Å². The second-order valence-electron chi connectivity index (χ2n) is 5.84. The molecule has 0 aliphatic rings. The maximum atomic E-state index is 11.2. The van der Waals surface area contributed by atoms with Crippen LogP contribution in [0.1, 0.15) is 11.3 Å². The number of nitrogens with two attached hydrogens (primary N) is 1. The Hall–Kier alpha value is -2.59. The fourth-order valence-electron chi connectivity index (χ4n) is 3.12. The number of benzene rings is 2. The lowest BCUT2D eigenvalue weighted by Crippen LogP contribution is -2.32. The Balaban J connectivity index is 2.27. The van der Waals surface area contributed by atoms with Gasteiger partial charge < -0.3 is 15.4 Å². The first kappa shape index (κ1) is 15.3. The molecule has 0 amide bonds. The molecular formula is C19H20N2O2. The molecule has 3 N–H and O–H groups in total. The highest BCUT2D eigenvalue weighted by molar-refractivity contribution is 5.99. The first-order chi connectivity index (χ1) is 11.0. The first-order valence-electron chi connectivity index (χ1n) is 7.61. The van der Waals surface area contributed by atoms with E-state index in [0.717, 1.165) is 33.3 Å². The molecule has 2 aromatic carbocycles. The van der Waals surface area contributed by atoms with Crippen LogP contribution < -0.4 is 5.73 Å². The van der Waals surface area contributed by atoms with Crippen molar-refractivity contribution in [1.82, 2.24) is 4.57 Å². The van der Waals surface area contributed by atoms with E-state index in [4.69, 9.17) is 10.8 Å². The normalized spacial score (nSPS) is 12.5. The SMILES string of the molecule is Cc1c(CC(N)C(=O)O)c2c(-c3ccccc3)cccc2n1C. The summed E-state index contributed by atoms with van der Waals surface area (Å²) in [6, 6.07) is 15.4. The third-order valence-electron chi connectivity index (χ3n) is 4.47. The van der Waals surface area contributed by atoms with Crippen molar-refractivity contribution in [3.63, 3.8) is 0 Å². The van der Waals surface area contributed by atoms with Gasteiger partial charge in [0.2, 0.25) is 0 Å². The van der Waals surface area contributed by atoms with E-state index >= 15 is 0 Å². The van der Waals surface area contributed by atoms with Gasteiger partial charge in [0.1, 0.15) is 6.04 Å². The van der Waals surface area contributed by atoms with Crippen LogP contribution in [-0.4, -0.2) is 21.7 Å². The van der Waals surface area contributed by atoms with Crippen LogP contribution in [0.2, 0.25) is 0 Å². The number of carboxylic acids is 1. The largest absolute Gasteiger partial charge is 0.480 e. The summed E-state index contributed by atoms with van der Waals surface area (Å²) >= 11 is 0. The predicted molar refractivity (Wildman–Crippen MR) is 92.4 cm³/mol. The molecule has 0 radical (unpaired) electrons. The number of nitrogens with zero attached hydrogens (tertiary/aromatic N) is 1. The van der Waals surface area contributed by atoms with Gasteiger partial charge in [-0.05, 0) is 29.7 Å². The fraction of sp³-hybridized carbons (Fsp3) is 0.211. The van der Waals surface area contributed by atoms with Gasteiger partial charge in [0.05, 0.1) is 0 Å². The summed E-state index contributed by atoms with van der Waals surface area (Å²) in [6.45, 7) is 2.01. The van der Waals surface area contributed by atoms with Gasteiger partial charge in [0.25, 0.3) is 0 Å². The molecule has 1 unspecified atom stereocenters. The Bertz CT molecular complexity index is 866. The minimum Gasteiger partial charge on any atom is -0.480 e. The highest BCUT2D eigenvalue weighted by Gasteiger charge is 2.20. The van der Waals surface area contributed by atoms with Crippen molar-refractivity contribution in [3.05, 3.63) is 59.8 Å². The van der Waals surface area contributed by atoms with Crippen LogP contribution in [0.4, 0.5) is 0 Å². The number of hydrogen-bond acceptors (Lipinski definition) is 2. The lowest BCUT2D eigenvalue weighted by atomic mass is 9.95. The first-order valence-corrected chi connectivity index (χ1v) is 7.61. The maximum absolute atomic E-state index is 11.2. The van der Waals surface area contributed by atoms with Crippen molar-refractivity contribution < 1.29 is 9.90 Å². The summed E-state index contributed by atoms with van der Waals surface area (Å²) in [4.78, 5) is 11.2. The van der Waals surface area contributed by atoms with Crippen molar-refractivity contribution in [2.45, 2.75) is 19.4 Å². The van der Waals surface area contributed by atoms with E-state index in [9.17, 15) is 4.79 Å². The number of hydrogen-bond donors (Lipinski definition) is 2. The molecule has 3 rings (SSSR count). The average molecular weight is 308 g/mol. The highest BCUT2D eigenvalue weighted by atomic mass is 16.4. The van der Waals surface area contributed by atoms with Crippen LogP contribution in [-0.2, 0) is 18.3 Å². The molecule has 4 heteroatoms. The van der Waals surface area contributed by atoms with E-state index in [1.54, 1.807) is 0 Å². The smallest absolute Gasteiger partial charge is 0.320 e. The van der Waals surface area contributed by atoms with Gasteiger partial charge >= 0.3 is 5.97 Å². The van der Waals surface area contributed by atoms with E-state index in [1.807, 2.05) is 38.2 Å². The zero-order valence-corrected chi connectivity index (χ0v) is 13.3. The fourth-order valence-corrected chi connectivity index (χ4v) is 3.12. The van der Waals surface area contributed by atoms with Crippen LogP contribution in [0.15, 0.2) is 48.5 Å². The summed E-state index contributed by atoms with van der Waals surface area (Å²) in [5.41, 5.74) is 11.2. The van der Waals surface area contributed by atoms with Crippen molar-refractivity contribution in [2.75, 3.05) is 0 Å².